The number of carbonyl (C=O) groups excluding carboxylic acids is 1. The molecule has 1 atom stereocenters. The summed E-state index contributed by atoms with van der Waals surface area (Å²) in [6, 6.07) is 0. The fourth-order valence-electron chi connectivity index (χ4n) is 1.98. The first kappa shape index (κ1) is 18.1. The molecule has 0 aromatic heterocycles. The fraction of sp³-hybridized carbons (Fsp3) is 0.889. The number of amides is 1. The summed E-state index contributed by atoms with van der Waals surface area (Å²) in [5.74, 6) is -0.212. The van der Waals surface area contributed by atoms with Crippen LogP contribution in [0.2, 0.25) is 0 Å². The minimum absolute atomic E-state index is 0.0459. The Kier molecular flexibility index (Phi) is 6.34. The van der Waals surface area contributed by atoms with Gasteiger partial charge < -0.3 is 4.74 Å². The average Bonchev–Trinajstić information content (AvgIpc) is 2.35. The lowest BCUT2D eigenvalue weighted by Crippen LogP contribution is -2.49. The maximum Gasteiger partial charge on any atom is 0.421 e. The molecule has 0 aromatic carbocycles. The van der Waals surface area contributed by atoms with Gasteiger partial charge in [-0.05, 0) is 25.7 Å². The molecule has 1 heterocycles. The van der Waals surface area contributed by atoms with Crippen LogP contribution in [0.25, 0.3) is 0 Å². The number of hydrogen-bond donors (Lipinski definition) is 3. The first-order valence-corrected chi connectivity index (χ1v) is 9.34. The number of nitrogens with one attached hydrogen (secondary N) is 2. The maximum absolute atomic E-state index is 12.0. The van der Waals surface area contributed by atoms with Gasteiger partial charge in [0.25, 0.3) is 10.2 Å². The van der Waals surface area contributed by atoms with Crippen molar-refractivity contribution >= 4 is 26.5 Å². The van der Waals surface area contributed by atoms with Crippen LogP contribution in [0.1, 0.15) is 19.8 Å². The van der Waals surface area contributed by atoms with E-state index in [0.717, 1.165) is 4.31 Å². The molecule has 4 N–H and O–H groups in total. The predicted octanol–water partition coefficient (Wildman–Crippen LogP) is -1.52. The quantitative estimate of drug-likeness (QED) is 0.533. The number of piperidine rings is 1. The number of carbonyl (C=O) groups is 1. The van der Waals surface area contributed by atoms with Gasteiger partial charge >= 0.3 is 16.3 Å². The van der Waals surface area contributed by atoms with Gasteiger partial charge in [0.1, 0.15) is 0 Å². The summed E-state index contributed by atoms with van der Waals surface area (Å²) < 4.78 is 55.1. The van der Waals surface area contributed by atoms with Crippen molar-refractivity contribution in [1.29, 1.82) is 0 Å². The van der Waals surface area contributed by atoms with E-state index >= 15 is 0 Å². The fourth-order valence-corrected chi connectivity index (χ4v) is 3.62. The third kappa shape index (κ3) is 6.56. The van der Waals surface area contributed by atoms with Crippen molar-refractivity contribution in [3.8, 4) is 0 Å². The molecule has 10 nitrogen and oxygen atoms in total. The molecular weight excluding hydrogens is 324 g/mol. The lowest BCUT2D eigenvalue weighted by molar-refractivity contribution is 0.157. The molecule has 12 heteroatoms. The standard InChI is InChI=1S/C9H20N4O6S2/c1-2-19-9(14)12-21(17,18)13-5-3-4-8(7-13)6-11-20(10,15)16/h8,11H,2-7H2,1H3,(H,12,14)(H2,10,15,16). The van der Waals surface area contributed by atoms with Gasteiger partial charge in [-0.1, -0.05) is 0 Å². The topological polar surface area (TPSA) is 148 Å². The summed E-state index contributed by atoms with van der Waals surface area (Å²) in [5.41, 5.74) is 0. The summed E-state index contributed by atoms with van der Waals surface area (Å²) >= 11 is 0. The van der Waals surface area contributed by atoms with Gasteiger partial charge in [0, 0.05) is 19.6 Å². The molecular formula is C9H20N4O6S2. The zero-order valence-corrected chi connectivity index (χ0v) is 13.2. The van der Waals surface area contributed by atoms with Crippen molar-refractivity contribution in [2.75, 3.05) is 26.2 Å². The van der Waals surface area contributed by atoms with Crippen molar-refractivity contribution in [2.24, 2.45) is 11.1 Å². The largest absolute Gasteiger partial charge is 0.449 e. The van der Waals surface area contributed by atoms with E-state index in [-0.39, 0.29) is 32.2 Å². The van der Waals surface area contributed by atoms with Crippen LogP contribution < -0.4 is 14.6 Å². The van der Waals surface area contributed by atoms with E-state index in [4.69, 9.17) is 5.14 Å². The van der Waals surface area contributed by atoms with E-state index in [1.54, 1.807) is 11.6 Å². The van der Waals surface area contributed by atoms with E-state index in [0.29, 0.717) is 12.8 Å². The highest BCUT2D eigenvalue weighted by Gasteiger charge is 2.30. The van der Waals surface area contributed by atoms with Crippen molar-refractivity contribution < 1.29 is 26.4 Å². The Morgan fingerprint density at radius 3 is 2.62 bits per heavy atom. The number of ether oxygens (including phenoxy) is 1. The summed E-state index contributed by atoms with van der Waals surface area (Å²) in [7, 11) is -7.80. The van der Waals surface area contributed by atoms with Crippen LogP contribution in [-0.4, -0.2) is 53.5 Å². The highest BCUT2D eigenvalue weighted by atomic mass is 32.2. The van der Waals surface area contributed by atoms with E-state index in [2.05, 4.69) is 9.46 Å². The SMILES string of the molecule is CCOC(=O)NS(=O)(=O)N1CCCC(CNS(N)(=O)=O)C1. The van der Waals surface area contributed by atoms with Gasteiger partial charge in [-0.3, -0.25) is 0 Å². The van der Waals surface area contributed by atoms with E-state index < -0.39 is 26.5 Å². The lowest BCUT2D eigenvalue weighted by Gasteiger charge is -2.31. The minimum Gasteiger partial charge on any atom is -0.449 e. The molecule has 21 heavy (non-hydrogen) atoms. The number of nitrogens with zero attached hydrogens (tertiary/aromatic N) is 1. The Bertz CT molecular complexity index is 561. The van der Waals surface area contributed by atoms with Crippen LogP contribution >= 0.6 is 0 Å². The van der Waals surface area contributed by atoms with Crippen LogP contribution in [0.4, 0.5) is 4.79 Å². The summed E-state index contributed by atoms with van der Waals surface area (Å²) in [6.07, 6.45) is 0.177. The van der Waals surface area contributed by atoms with Crippen LogP contribution in [0, 0.1) is 5.92 Å². The Morgan fingerprint density at radius 2 is 2.05 bits per heavy atom. The van der Waals surface area contributed by atoms with Gasteiger partial charge in [-0.15, -0.1) is 0 Å². The van der Waals surface area contributed by atoms with E-state index in [1.807, 2.05) is 0 Å². The smallest absolute Gasteiger partial charge is 0.421 e. The lowest BCUT2D eigenvalue weighted by atomic mass is 10.0. The molecule has 0 spiro atoms. The Labute approximate surface area is 124 Å². The molecule has 1 rings (SSSR count). The molecule has 1 aliphatic rings. The van der Waals surface area contributed by atoms with Crippen LogP contribution in [-0.2, 0) is 25.2 Å². The van der Waals surface area contributed by atoms with Crippen LogP contribution in [0.15, 0.2) is 0 Å². The Morgan fingerprint density at radius 1 is 1.38 bits per heavy atom. The third-order valence-electron chi connectivity index (χ3n) is 2.88. The van der Waals surface area contributed by atoms with Crippen molar-refractivity contribution in [3.63, 3.8) is 0 Å². The first-order valence-electron chi connectivity index (χ1n) is 6.36. The van der Waals surface area contributed by atoms with Gasteiger partial charge in [0.2, 0.25) is 0 Å². The second-order valence-electron chi connectivity index (χ2n) is 4.59. The summed E-state index contributed by atoms with van der Waals surface area (Å²) in [6.45, 7) is 2.01. The third-order valence-corrected chi connectivity index (χ3v) is 4.89. The number of nitrogens with two attached hydrogens (primary N) is 1. The van der Waals surface area contributed by atoms with Crippen molar-refractivity contribution in [1.82, 2.24) is 13.7 Å². The van der Waals surface area contributed by atoms with Crippen molar-refractivity contribution in [3.05, 3.63) is 0 Å². The highest BCUT2D eigenvalue weighted by molar-refractivity contribution is 7.87. The zero-order valence-electron chi connectivity index (χ0n) is 11.6. The molecule has 1 aliphatic heterocycles. The Hall–Kier alpha value is -0.950. The number of hydrogen-bond acceptors (Lipinski definition) is 6. The minimum atomic E-state index is -3.99. The molecule has 124 valence electrons. The van der Waals surface area contributed by atoms with Gasteiger partial charge in [-0.2, -0.15) is 21.1 Å². The zero-order chi connectivity index (χ0) is 16.1. The molecule has 0 bridgehead atoms. The van der Waals surface area contributed by atoms with E-state index in [9.17, 15) is 21.6 Å². The maximum atomic E-state index is 12.0. The molecule has 0 radical (unpaired) electrons. The van der Waals surface area contributed by atoms with Gasteiger partial charge in [0.15, 0.2) is 0 Å². The molecule has 1 saturated heterocycles. The van der Waals surface area contributed by atoms with E-state index in [1.165, 1.54) is 0 Å². The molecule has 1 fully saturated rings. The molecule has 0 aliphatic carbocycles. The Balaban J connectivity index is 2.60. The predicted molar refractivity (Wildman–Crippen MR) is 74.5 cm³/mol. The van der Waals surface area contributed by atoms with Crippen LogP contribution in [0.5, 0.6) is 0 Å². The monoisotopic (exact) mass is 344 g/mol. The summed E-state index contributed by atoms with van der Waals surface area (Å²) in [4.78, 5) is 11.2. The second-order valence-corrected chi connectivity index (χ2v) is 7.64. The number of rotatable bonds is 6. The average molecular weight is 344 g/mol. The highest BCUT2D eigenvalue weighted by Crippen LogP contribution is 2.18. The molecule has 1 amide bonds. The van der Waals surface area contributed by atoms with Gasteiger partial charge in [0.05, 0.1) is 6.61 Å². The normalized spacial score (nSPS) is 21.0. The molecule has 0 saturated carbocycles. The van der Waals surface area contributed by atoms with Gasteiger partial charge in [-0.25, -0.2) is 19.4 Å². The first-order chi connectivity index (χ1) is 9.64. The second kappa shape index (κ2) is 7.35. The molecule has 1 unspecified atom stereocenters. The van der Waals surface area contributed by atoms with Crippen molar-refractivity contribution in [2.45, 2.75) is 19.8 Å². The van der Waals surface area contributed by atoms with Crippen LogP contribution in [0.3, 0.4) is 0 Å². The molecule has 0 aromatic rings. The summed E-state index contributed by atoms with van der Waals surface area (Å²) in [5, 5.41) is 4.83.